The molecular formula is C19H27N3O. The lowest BCUT2D eigenvalue weighted by atomic mass is 9.87. The van der Waals surface area contributed by atoms with Gasteiger partial charge >= 0.3 is 0 Å². The number of hydrogen-bond acceptors (Lipinski definition) is 2. The van der Waals surface area contributed by atoms with Gasteiger partial charge in [-0.25, -0.2) is 0 Å². The third-order valence-electron chi connectivity index (χ3n) is 4.69. The Morgan fingerprint density at radius 1 is 1.30 bits per heavy atom. The van der Waals surface area contributed by atoms with Gasteiger partial charge < -0.3 is 15.2 Å². The monoisotopic (exact) mass is 313 g/mol. The van der Waals surface area contributed by atoms with E-state index in [1.54, 1.807) is 0 Å². The Hall–Kier alpha value is -1.81. The molecule has 0 bridgehead atoms. The Balaban J connectivity index is 1.78. The quantitative estimate of drug-likeness (QED) is 0.894. The van der Waals surface area contributed by atoms with E-state index in [-0.39, 0.29) is 17.4 Å². The standard InChI is InChI=1S/C19H27N3O/c1-19(2,3)14-8-7-13-10-17(21-16(13)11-14)18(23)20-15-6-5-9-22(4)12-15/h7-8,10-11,15,21H,5-6,9,12H2,1-4H3,(H,20,23)/t15-/m0/s1. The van der Waals surface area contributed by atoms with E-state index < -0.39 is 0 Å². The van der Waals surface area contributed by atoms with Crippen molar-refractivity contribution in [3.05, 3.63) is 35.5 Å². The predicted molar refractivity (Wildman–Crippen MR) is 95.0 cm³/mol. The Morgan fingerprint density at radius 2 is 2.09 bits per heavy atom. The van der Waals surface area contributed by atoms with Gasteiger partial charge in [-0.1, -0.05) is 32.9 Å². The summed E-state index contributed by atoms with van der Waals surface area (Å²) in [6.45, 7) is 8.65. The van der Waals surface area contributed by atoms with Gasteiger partial charge in [0.1, 0.15) is 5.69 Å². The molecule has 0 spiro atoms. The van der Waals surface area contributed by atoms with Gasteiger partial charge in [0.15, 0.2) is 0 Å². The first-order chi connectivity index (χ1) is 10.8. The van der Waals surface area contributed by atoms with E-state index in [4.69, 9.17) is 0 Å². The Kier molecular flexibility index (Phi) is 4.19. The lowest BCUT2D eigenvalue weighted by Crippen LogP contribution is -2.46. The zero-order valence-corrected chi connectivity index (χ0v) is 14.6. The molecule has 0 unspecified atom stereocenters. The van der Waals surface area contributed by atoms with E-state index in [9.17, 15) is 4.79 Å². The van der Waals surface area contributed by atoms with Crippen molar-refractivity contribution in [1.29, 1.82) is 0 Å². The fraction of sp³-hybridized carbons (Fsp3) is 0.526. The summed E-state index contributed by atoms with van der Waals surface area (Å²) in [5.41, 5.74) is 3.06. The average Bonchev–Trinajstić information content (AvgIpc) is 2.89. The molecule has 1 fully saturated rings. The number of aromatic nitrogens is 1. The molecule has 1 saturated heterocycles. The summed E-state index contributed by atoms with van der Waals surface area (Å²) in [5, 5.41) is 4.25. The highest BCUT2D eigenvalue weighted by atomic mass is 16.1. The number of benzene rings is 1. The molecule has 124 valence electrons. The van der Waals surface area contributed by atoms with Gasteiger partial charge in [-0.2, -0.15) is 0 Å². The number of nitrogens with one attached hydrogen (secondary N) is 2. The number of amides is 1. The topological polar surface area (TPSA) is 48.1 Å². The molecule has 1 amide bonds. The molecule has 0 saturated carbocycles. The van der Waals surface area contributed by atoms with Crippen molar-refractivity contribution in [3.63, 3.8) is 0 Å². The molecule has 1 aliphatic rings. The van der Waals surface area contributed by atoms with Gasteiger partial charge in [-0.3, -0.25) is 4.79 Å². The lowest BCUT2D eigenvalue weighted by Gasteiger charge is -2.30. The van der Waals surface area contributed by atoms with Crippen molar-refractivity contribution in [2.45, 2.75) is 45.1 Å². The van der Waals surface area contributed by atoms with Crippen LogP contribution in [0.5, 0.6) is 0 Å². The van der Waals surface area contributed by atoms with Crippen LogP contribution in [0.3, 0.4) is 0 Å². The normalized spacial score (nSPS) is 19.9. The van der Waals surface area contributed by atoms with Crippen LogP contribution in [0.1, 0.15) is 49.7 Å². The van der Waals surface area contributed by atoms with Crippen LogP contribution in [-0.4, -0.2) is 42.0 Å². The minimum atomic E-state index is -0.00110. The molecule has 4 nitrogen and oxygen atoms in total. The Bertz CT molecular complexity index is 711. The van der Waals surface area contributed by atoms with Gasteiger partial charge in [-0.15, -0.1) is 0 Å². The zero-order chi connectivity index (χ0) is 16.6. The highest BCUT2D eigenvalue weighted by Gasteiger charge is 2.21. The van der Waals surface area contributed by atoms with Gasteiger partial charge in [0.2, 0.25) is 0 Å². The predicted octanol–water partition coefficient (Wildman–Crippen LogP) is 3.29. The van der Waals surface area contributed by atoms with E-state index in [1.165, 1.54) is 5.56 Å². The van der Waals surface area contributed by atoms with Crippen molar-refractivity contribution in [2.24, 2.45) is 0 Å². The van der Waals surface area contributed by atoms with Crippen molar-refractivity contribution in [3.8, 4) is 0 Å². The zero-order valence-electron chi connectivity index (χ0n) is 14.6. The molecule has 2 aromatic rings. The molecular weight excluding hydrogens is 286 g/mol. The van der Waals surface area contributed by atoms with Crippen LogP contribution in [0.15, 0.2) is 24.3 Å². The number of aromatic amines is 1. The van der Waals surface area contributed by atoms with Crippen molar-refractivity contribution >= 4 is 16.8 Å². The maximum atomic E-state index is 12.5. The molecule has 0 radical (unpaired) electrons. The first-order valence-corrected chi connectivity index (χ1v) is 8.45. The summed E-state index contributed by atoms with van der Waals surface area (Å²) >= 11 is 0. The van der Waals surface area contributed by atoms with Crippen molar-refractivity contribution < 1.29 is 4.79 Å². The number of likely N-dealkylation sites (N-methyl/N-ethyl adjacent to an activating group) is 1. The molecule has 2 N–H and O–H groups in total. The van der Waals surface area contributed by atoms with Crippen LogP contribution in [-0.2, 0) is 5.41 Å². The van der Waals surface area contributed by atoms with Gasteiger partial charge in [0.25, 0.3) is 5.91 Å². The lowest BCUT2D eigenvalue weighted by molar-refractivity contribution is 0.0908. The summed E-state index contributed by atoms with van der Waals surface area (Å²) in [4.78, 5) is 18.1. The van der Waals surface area contributed by atoms with E-state index in [1.807, 2.05) is 6.07 Å². The average molecular weight is 313 g/mol. The van der Waals surface area contributed by atoms with Gasteiger partial charge in [0, 0.05) is 23.5 Å². The van der Waals surface area contributed by atoms with Crippen LogP contribution in [0, 0.1) is 0 Å². The third kappa shape index (κ3) is 3.58. The number of carbonyl (C=O) groups is 1. The molecule has 1 aromatic heterocycles. The first-order valence-electron chi connectivity index (χ1n) is 8.45. The number of hydrogen-bond donors (Lipinski definition) is 2. The number of carbonyl (C=O) groups excluding carboxylic acids is 1. The largest absolute Gasteiger partial charge is 0.351 e. The Morgan fingerprint density at radius 3 is 2.78 bits per heavy atom. The SMILES string of the molecule is CN1CCC[C@H](NC(=O)c2cc3ccc(C(C)(C)C)cc3[nH]2)C1. The second kappa shape index (κ2) is 6.00. The van der Waals surface area contributed by atoms with Crippen LogP contribution in [0.2, 0.25) is 0 Å². The van der Waals surface area contributed by atoms with Crippen LogP contribution < -0.4 is 5.32 Å². The summed E-state index contributed by atoms with van der Waals surface area (Å²) in [5.74, 6) is -0.00110. The van der Waals surface area contributed by atoms with Crippen molar-refractivity contribution in [2.75, 3.05) is 20.1 Å². The number of H-pyrrole nitrogens is 1. The van der Waals surface area contributed by atoms with Crippen LogP contribution >= 0.6 is 0 Å². The summed E-state index contributed by atoms with van der Waals surface area (Å²) in [6.07, 6.45) is 2.20. The van der Waals surface area contributed by atoms with E-state index in [2.05, 4.69) is 61.2 Å². The first kappa shape index (κ1) is 16.1. The molecule has 3 rings (SSSR count). The third-order valence-corrected chi connectivity index (χ3v) is 4.69. The number of fused-ring (bicyclic) bond motifs is 1. The van der Waals surface area contributed by atoms with Gasteiger partial charge in [-0.05, 0) is 49.5 Å². The fourth-order valence-corrected chi connectivity index (χ4v) is 3.26. The minimum Gasteiger partial charge on any atom is -0.351 e. The highest BCUT2D eigenvalue weighted by Crippen LogP contribution is 2.26. The molecule has 2 heterocycles. The number of likely N-dealkylation sites (tertiary alicyclic amines) is 1. The second-order valence-corrected chi connectivity index (χ2v) is 7.81. The number of rotatable bonds is 2. The summed E-state index contributed by atoms with van der Waals surface area (Å²) in [6, 6.07) is 8.59. The Labute approximate surface area is 138 Å². The number of piperidine rings is 1. The molecule has 0 aliphatic carbocycles. The van der Waals surface area contributed by atoms with E-state index in [0.29, 0.717) is 5.69 Å². The summed E-state index contributed by atoms with van der Waals surface area (Å²) in [7, 11) is 2.11. The van der Waals surface area contributed by atoms with Gasteiger partial charge in [0.05, 0.1) is 0 Å². The van der Waals surface area contributed by atoms with E-state index >= 15 is 0 Å². The maximum absolute atomic E-state index is 12.5. The minimum absolute atomic E-state index is 0.00110. The summed E-state index contributed by atoms with van der Waals surface area (Å²) < 4.78 is 0. The highest BCUT2D eigenvalue weighted by molar-refractivity contribution is 5.98. The second-order valence-electron chi connectivity index (χ2n) is 7.81. The molecule has 4 heteroatoms. The molecule has 23 heavy (non-hydrogen) atoms. The van der Waals surface area contributed by atoms with Crippen molar-refractivity contribution in [1.82, 2.24) is 15.2 Å². The maximum Gasteiger partial charge on any atom is 0.267 e. The molecule has 1 aromatic carbocycles. The molecule has 1 atom stereocenters. The fourth-order valence-electron chi connectivity index (χ4n) is 3.26. The van der Waals surface area contributed by atoms with Crippen LogP contribution in [0.25, 0.3) is 10.9 Å². The smallest absolute Gasteiger partial charge is 0.267 e. The van der Waals surface area contributed by atoms with Crippen LogP contribution in [0.4, 0.5) is 0 Å². The molecule has 1 aliphatic heterocycles. The number of nitrogens with zero attached hydrogens (tertiary/aromatic N) is 1. The van der Waals surface area contributed by atoms with E-state index in [0.717, 1.165) is 36.8 Å².